The van der Waals surface area contributed by atoms with E-state index < -0.39 is 17.7 Å². The van der Waals surface area contributed by atoms with Gasteiger partial charge in [0.1, 0.15) is 17.3 Å². The van der Waals surface area contributed by atoms with Gasteiger partial charge < -0.3 is 24.4 Å². The molecule has 3 rings (SSSR count). The summed E-state index contributed by atoms with van der Waals surface area (Å²) < 4.78 is 10.7. The second-order valence-corrected chi connectivity index (χ2v) is 8.07. The van der Waals surface area contributed by atoms with E-state index in [4.69, 9.17) is 21.1 Å². The van der Waals surface area contributed by atoms with Gasteiger partial charge in [0, 0.05) is 18.1 Å². The largest absolute Gasteiger partial charge is 0.507 e. The fourth-order valence-electron chi connectivity index (χ4n) is 4.04. The third-order valence-electron chi connectivity index (χ3n) is 5.94. The minimum atomic E-state index is -0.756. The Morgan fingerprint density at radius 2 is 1.73 bits per heavy atom. The number of likely N-dealkylation sites (tertiary alicyclic amines) is 1. The molecule has 1 aliphatic rings. The molecule has 1 N–H and O–H groups in total. The van der Waals surface area contributed by atoms with Crippen LogP contribution in [0.25, 0.3) is 5.76 Å². The predicted molar refractivity (Wildman–Crippen MR) is 128 cm³/mol. The van der Waals surface area contributed by atoms with E-state index in [2.05, 4.69) is 4.90 Å². The van der Waals surface area contributed by atoms with Crippen LogP contribution in [0.15, 0.2) is 48.0 Å². The number of hydrogen-bond acceptors (Lipinski definition) is 6. The molecule has 0 bridgehead atoms. The first-order valence-corrected chi connectivity index (χ1v) is 11.2. The lowest BCUT2D eigenvalue weighted by molar-refractivity contribution is -0.140. The Balaban J connectivity index is 2.16. The predicted octanol–water partition coefficient (Wildman–Crippen LogP) is 4.12. The Morgan fingerprint density at radius 1 is 1.06 bits per heavy atom. The van der Waals surface area contributed by atoms with Crippen molar-refractivity contribution in [2.45, 2.75) is 19.9 Å². The van der Waals surface area contributed by atoms with Gasteiger partial charge in [0.2, 0.25) is 0 Å². The van der Waals surface area contributed by atoms with E-state index in [9.17, 15) is 14.7 Å². The molecule has 8 heteroatoms. The number of nitrogens with zero attached hydrogens (tertiary/aromatic N) is 2. The second-order valence-electron chi connectivity index (χ2n) is 7.64. The summed E-state index contributed by atoms with van der Waals surface area (Å²) in [5, 5.41) is 11.9. The minimum absolute atomic E-state index is 0.00780. The standard InChI is InChI=1S/C25H29ClN2O5/c1-5-27(6-2)13-14-28-22(16-7-9-17(26)10-8-16)21(24(30)25(28)31)23(29)19-15-18(32-3)11-12-20(19)33-4/h7-12,15,22,29H,5-6,13-14H2,1-4H3/b23-21+. The number of carbonyl (C=O) groups excluding carboxylic acids is 2. The number of amides is 1. The molecule has 1 heterocycles. The number of aliphatic hydroxyl groups is 1. The van der Waals surface area contributed by atoms with Gasteiger partial charge >= 0.3 is 0 Å². The molecule has 1 unspecified atom stereocenters. The summed E-state index contributed by atoms with van der Waals surface area (Å²) in [4.78, 5) is 30.0. The molecule has 2 aromatic carbocycles. The lowest BCUT2D eigenvalue weighted by Gasteiger charge is -2.28. The summed E-state index contributed by atoms with van der Waals surface area (Å²) >= 11 is 6.07. The smallest absolute Gasteiger partial charge is 0.295 e. The molecule has 1 fully saturated rings. The molecule has 7 nitrogen and oxygen atoms in total. The molecule has 0 spiro atoms. The number of ketones is 1. The highest BCUT2D eigenvalue weighted by atomic mass is 35.5. The van der Waals surface area contributed by atoms with Crippen molar-refractivity contribution in [1.29, 1.82) is 0 Å². The Bertz CT molecular complexity index is 1050. The quantitative estimate of drug-likeness (QED) is 0.336. The third-order valence-corrected chi connectivity index (χ3v) is 6.19. The highest BCUT2D eigenvalue weighted by Crippen LogP contribution is 2.41. The number of ether oxygens (including phenoxy) is 2. The number of likely N-dealkylation sites (N-methyl/N-ethyl adjacent to an activating group) is 1. The summed E-state index contributed by atoms with van der Waals surface area (Å²) in [7, 11) is 2.98. The van der Waals surface area contributed by atoms with Crippen LogP contribution in [0, 0.1) is 0 Å². The number of carbonyl (C=O) groups is 2. The van der Waals surface area contributed by atoms with E-state index in [1.165, 1.54) is 19.1 Å². The van der Waals surface area contributed by atoms with Crippen molar-refractivity contribution in [2.24, 2.45) is 0 Å². The summed E-state index contributed by atoms with van der Waals surface area (Å²) in [5.74, 6) is -0.856. The highest BCUT2D eigenvalue weighted by molar-refractivity contribution is 6.46. The van der Waals surface area contributed by atoms with Crippen molar-refractivity contribution >= 4 is 29.1 Å². The van der Waals surface area contributed by atoms with Crippen molar-refractivity contribution in [1.82, 2.24) is 9.80 Å². The highest BCUT2D eigenvalue weighted by Gasteiger charge is 2.46. The van der Waals surface area contributed by atoms with Gasteiger partial charge in [-0.1, -0.05) is 37.6 Å². The van der Waals surface area contributed by atoms with Crippen LogP contribution in [-0.2, 0) is 9.59 Å². The maximum absolute atomic E-state index is 13.2. The van der Waals surface area contributed by atoms with Crippen LogP contribution in [0.2, 0.25) is 5.02 Å². The van der Waals surface area contributed by atoms with Crippen LogP contribution >= 0.6 is 11.6 Å². The monoisotopic (exact) mass is 472 g/mol. The Labute approximate surface area is 199 Å². The molecule has 1 saturated heterocycles. The van der Waals surface area contributed by atoms with Crippen LogP contribution < -0.4 is 9.47 Å². The molecule has 1 aliphatic heterocycles. The number of hydrogen-bond donors (Lipinski definition) is 1. The normalized spacial score (nSPS) is 17.6. The molecular formula is C25H29ClN2O5. The van der Waals surface area contributed by atoms with Crippen LogP contribution in [-0.4, -0.2) is 67.0 Å². The number of halogens is 1. The van der Waals surface area contributed by atoms with Crippen LogP contribution in [0.4, 0.5) is 0 Å². The first-order chi connectivity index (χ1) is 15.9. The topological polar surface area (TPSA) is 79.3 Å². The maximum Gasteiger partial charge on any atom is 0.295 e. The van der Waals surface area contributed by atoms with Gasteiger partial charge in [0.25, 0.3) is 11.7 Å². The first-order valence-electron chi connectivity index (χ1n) is 10.8. The third kappa shape index (κ3) is 4.99. The SMILES string of the molecule is CCN(CC)CCN1C(=O)C(=O)/C(=C(/O)c2cc(OC)ccc2OC)C1c1ccc(Cl)cc1. The molecule has 2 aromatic rings. The number of rotatable bonds is 9. The number of methoxy groups -OCH3 is 2. The van der Waals surface area contributed by atoms with Crippen LogP contribution in [0.1, 0.15) is 31.0 Å². The summed E-state index contributed by atoms with van der Waals surface area (Å²) in [6.07, 6.45) is 0. The van der Waals surface area contributed by atoms with Crippen LogP contribution in [0.5, 0.6) is 11.5 Å². The van der Waals surface area contributed by atoms with E-state index in [1.807, 2.05) is 13.8 Å². The molecule has 1 atom stereocenters. The zero-order valence-electron chi connectivity index (χ0n) is 19.3. The fraction of sp³-hybridized carbons (Fsp3) is 0.360. The van der Waals surface area contributed by atoms with Gasteiger partial charge in [0.15, 0.2) is 0 Å². The van der Waals surface area contributed by atoms with Crippen LogP contribution in [0.3, 0.4) is 0 Å². The first kappa shape index (κ1) is 24.6. The van der Waals surface area contributed by atoms with Crippen molar-refractivity contribution in [3.8, 4) is 11.5 Å². The van der Waals surface area contributed by atoms with Gasteiger partial charge in [-0.25, -0.2) is 0 Å². The molecule has 0 aliphatic carbocycles. The van der Waals surface area contributed by atoms with Crippen molar-refractivity contribution in [3.63, 3.8) is 0 Å². The molecule has 33 heavy (non-hydrogen) atoms. The summed E-state index contributed by atoms with van der Waals surface area (Å²) in [6, 6.07) is 11.1. The van der Waals surface area contributed by atoms with Crippen molar-refractivity contribution in [3.05, 3.63) is 64.2 Å². The van der Waals surface area contributed by atoms with E-state index in [-0.39, 0.29) is 16.9 Å². The maximum atomic E-state index is 13.2. The molecule has 1 amide bonds. The van der Waals surface area contributed by atoms with E-state index in [0.29, 0.717) is 35.2 Å². The van der Waals surface area contributed by atoms with Crippen molar-refractivity contribution < 1.29 is 24.2 Å². The molecule has 176 valence electrons. The van der Waals surface area contributed by atoms with Gasteiger partial charge in [0.05, 0.1) is 31.4 Å². The zero-order valence-corrected chi connectivity index (χ0v) is 20.1. The lowest BCUT2D eigenvalue weighted by Crippen LogP contribution is -2.38. The van der Waals surface area contributed by atoms with Gasteiger partial charge in [-0.3, -0.25) is 9.59 Å². The average Bonchev–Trinajstić information content (AvgIpc) is 3.09. The molecular weight excluding hydrogens is 444 g/mol. The Kier molecular flexibility index (Phi) is 8.00. The minimum Gasteiger partial charge on any atom is -0.507 e. The fourth-order valence-corrected chi connectivity index (χ4v) is 4.16. The second kappa shape index (κ2) is 10.7. The number of Topliss-reactive ketones (excluding diaryl/α,β-unsaturated/α-hetero) is 1. The van der Waals surface area contributed by atoms with Gasteiger partial charge in [-0.2, -0.15) is 0 Å². The molecule has 0 saturated carbocycles. The lowest BCUT2D eigenvalue weighted by atomic mass is 9.95. The summed E-state index contributed by atoms with van der Waals surface area (Å²) in [6.45, 7) is 6.69. The summed E-state index contributed by atoms with van der Waals surface area (Å²) in [5.41, 5.74) is 0.965. The van der Waals surface area contributed by atoms with E-state index in [0.717, 1.165) is 13.1 Å². The van der Waals surface area contributed by atoms with E-state index in [1.54, 1.807) is 42.5 Å². The average molecular weight is 473 g/mol. The zero-order chi connectivity index (χ0) is 24.1. The Hall–Kier alpha value is -3.03. The number of benzene rings is 2. The number of aliphatic hydroxyl groups excluding tert-OH is 1. The van der Waals surface area contributed by atoms with Gasteiger partial charge in [-0.05, 0) is 49.0 Å². The Morgan fingerprint density at radius 3 is 2.30 bits per heavy atom. The molecule has 0 aromatic heterocycles. The van der Waals surface area contributed by atoms with Crippen molar-refractivity contribution in [2.75, 3.05) is 40.4 Å². The van der Waals surface area contributed by atoms with Gasteiger partial charge in [-0.15, -0.1) is 0 Å². The molecule has 0 radical (unpaired) electrons. The van der Waals surface area contributed by atoms with E-state index >= 15 is 0 Å².